The number of nitrogens with two attached hydrogens (primary N) is 1. The van der Waals surface area contributed by atoms with E-state index in [4.69, 9.17) is 20.6 Å². The van der Waals surface area contributed by atoms with E-state index < -0.39 is 6.17 Å². The van der Waals surface area contributed by atoms with Gasteiger partial charge in [0.25, 0.3) is 5.91 Å². The molecule has 0 fully saturated rings. The zero-order valence-corrected chi connectivity index (χ0v) is 18.6. The van der Waals surface area contributed by atoms with Gasteiger partial charge in [-0.05, 0) is 48.9 Å². The van der Waals surface area contributed by atoms with Crippen LogP contribution in [0.5, 0.6) is 11.5 Å². The number of fused-ring (bicyclic) bond motifs is 1. The normalized spacial score (nSPS) is 14.9. The Morgan fingerprint density at radius 1 is 1.06 bits per heavy atom. The summed E-state index contributed by atoms with van der Waals surface area (Å²) >= 11 is 0. The van der Waals surface area contributed by atoms with Crippen LogP contribution >= 0.6 is 0 Å². The second-order valence-corrected chi connectivity index (χ2v) is 7.69. The van der Waals surface area contributed by atoms with E-state index in [9.17, 15) is 4.79 Å². The van der Waals surface area contributed by atoms with Crippen molar-refractivity contribution < 1.29 is 14.3 Å². The molecule has 0 aliphatic carbocycles. The number of nitrogen functional groups attached to an aromatic ring is 1. The lowest BCUT2D eigenvalue weighted by Crippen LogP contribution is -2.42. The van der Waals surface area contributed by atoms with E-state index in [0.717, 1.165) is 5.56 Å². The maximum atomic E-state index is 13.0. The molecule has 170 valence electrons. The molecule has 3 aromatic rings. The second kappa shape index (κ2) is 9.07. The minimum atomic E-state index is -0.681. The average molecular weight is 447 g/mol. The summed E-state index contributed by atoms with van der Waals surface area (Å²) in [4.78, 5) is 16.9. The van der Waals surface area contributed by atoms with Crippen molar-refractivity contribution >= 4 is 28.7 Å². The van der Waals surface area contributed by atoms with Crippen molar-refractivity contribution in [2.75, 3.05) is 30.6 Å². The maximum Gasteiger partial charge on any atom is 0.263 e. The smallest absolute Gasteiger partial charge is 0.263 e. The lowest BCUT2D eigenvalue weighted by molar-refractivity contribution is -0.121. The monoisotopic (exact) mass is 446 g/mol. The van der Waals surface area contributed by atoms with Crippen LogP contribution in [0.3, 0.4) is 0 Å². The van der Waals surface area contributed by atoms with E-state index in [-0.39, 0.29) is 17.7 Å². The largest absolute Gasteiger partial charge is 0.497 e. The van der Waals surface area contributed by atoms with Gasteiger partial charge in [-0.1, -0.05) is 0 Å². The fraction of sp³-hybridized carbons (Fsp3) is 0.208. The summed E-state index contributed by atoms with van der Waals surface area (Å²) in [5.41, 5.74) is 10.5. The topological polar surface area (TPSA) is 134 Å². The molecule has 0 radical (unpaired) electrons. The number of aromatic nitrogens is 1. The quantitative estimate of drug-likeness (QED) is 0.278. The summed E-state index contributed by atoms with van der Waals surface area (Å²) in [6.07, 6.45) is 2.58. The van der Waals surface area contributed by atoms with Crippen LogP contribution in [0.15, 0.2) is 54.9 Å². The minimum absolute atomic E-state index is 0.232. The fourth-order valence-corrected chi connectivity index (χ4v) is 3.68. The Balaban J connectivity index is 1.48. The lowest BCUT2D eigenvalue weighted by Gasteiger charge is -2.19. The Hall–Kier alpha value is -4.27. The van der Waals surface area contributed by atoms with E-state index in [1.807, 2.05) is 19.1 Å². The van der Waals surface area contributed by atoms with E-state index >= 15 is 0 Å². The first-order valence-electron chi connectivity index (χ1n) is 10.4. The van der Waals surface area contributed by atoms with Crippen molar-refractivity contribution in [3.05, 3.63) is 71.5 Å². The number of rotatable bonds is 7. The number of amides is 1. The highest BCUT2D eigenvalue weighted by Crippen LogP contribution is 2.34. The van der Waals surface area contributed by atoms with Gasteiger partial charge in [-0.15, -0.1) is 0 Å². The molecule has 1 aromatic heterocycles. The molecule has 1 amide bonds. The summed E-state index contributed by atoms with van der Waals surface area (Å²) in [5, 5.41) is 17.8. The Kier molecular flexibility index (Phi) is 6.03. The minimum Gasteiger partial charge on any atom is -0.497 e. The molecule has 2 heterocycles. The number of ether oxygens (including phenoxy) is 2. The molecule has 1 aliphatic rings. The van der Waals surface area contributed by atoms with Crippen LogP contribution in [-0.2, 0) is 4.79 Å². The maximum absolute atomic E-state index is 13.0. The van der Waals surface area contributed by atoms with Crippen LogP contribution in [0.2, 0.25) is 0 Å². The summed E-state index contributed by atoms with van der Waals surface area (Å²) in [6, 6.07) is 12.2. The van der Waals surface area contributed by atoms with E-state index in [2.05, 4.69) is 20.9 Å². The molecule has 1 aliphatic heterocycles. The molecule has 2 aromatic carbocycles. The molecule has 0 bridgehead atoms. The first kappa shape index (κ1) is 21.9. The number of hydrogen-bond acceptors (Lipinski definition) is 8. The van der Waals surface area contributed by atoms with Crippen LogP contribution < -0.4 is 31.2 Å². The van der Waals surface area contributed by atoms with Gasteiger partial charge in [0.2, 0.25) is 0 Å². The van der Waals surface area contributed by atoms with Crippen molar-refractivity contribution in [2.24, 2.45) is 0 Å². The first-order valence-corrected chi connectivity index (χ1v) is 10.4. The van der Waals surface area contributed by atoms with Gasteiger partial charge in [-0.25, -0.2) is 0 Å². The van der Waals surface area contributed by atoms with Gasteiger partial charge >= 0.3 is 0 Å². The highest BCUT2D eigenvalue weighted by molar-refractivity contribution is 6.15. The first-order chi connectivity index (χ1) is 15.9. The van der Waals surface area contributed by atoms with Crippen molar-refractivity contribution in [2.45, 2.75) is 19.1 Å². The van der Waals surface area contributed by atoms with Gasteiger partial charge in [0, 0.05) is 35.3 Å². The summed E-state index contributed by atoms with van der Waals surface area (Å²) in [6.45, 7) is 1.89. The van der Waals surface area contributed by atoms with E-state index in [0.29, 0.717) is 39.7 Å². The van der Waals surface area contributed by atoms with Crippen molar-refractivity contribution in [3.63, 3.8) is 0 Å². The molecule has 2 unspecified atom stereocenters. The Morgan fingerprint density at radius 2 is 1.67 bits per heavy atom. The number of benzene rings is 2. The number of nitrogens with zero attached hydrogens (tertiary/aromatic N) is 1. The predicted molar refractivity (Wildman–Crippen MR) is 128 cm³/mol. The Morgan fingerprint density at radius 3 is 2.27 bits per heavy atom. The number of methoxy groups -OCH3 is 2. The molecule has 6 N–H and O–H groups in total. The summed E-state index contributed by atoms with van der Waals surface area (Å²) in [5.74, 6) is 1.06. The zero-order valence-electron chi connectivity index (χ0n) is 18.6. The molecule has 0 saturated carbocycles. The van der Waals surface area contributed by atoms with E-state index in [1.54, 1.807) is 56.9 Å². The van der Waals surface area contributed by atoms with Crippen molar-refractivity contribution in [1.82, 2.24) is 10.3 Å². The standard InChI is InChI=1S/C24H26N6O3/c1-13(15-8-16(32-2)10-17(9-15)33-3)28-24(31)23-29-20-11-18(19(25)12-21(20)30-23)22(26)14-4-6-27-7-5-14/h4-13,23,26,29-30H,25H2,1-3H3,(H,28,31). The predicted octanol–water partition coefficient (Wildman–Crippen LogP) is 3.14. The summed E-state index contributed by atoms with van der Waals surface area (Å²) in [7, 11) is 3.17. The lowest BCUT2D eigenvalue weighted by atomic mass is 10.0. The van der Waals surface area contributed by atoms with E-state index in [1.165, 1.54) is 0 Å². The SMILES string of the molecule is COc1cc(OC)cc(C(C)NC(=O)C2Nc3cc(N)c(C(=N)c4ccncc4)cc3N2)c1. The van der Waals surface area contributed by atoms with Crippen molar-refractivity contribution in [1.29, 1.82) is 5.41 Å². The Labute approximate surface area is 191 Å². The molecule has 33 heavy (non-hydrogen) atoms. The number of pyridine rings is 1. The van der Waals surface area contributed by atoms with Gasteiger partial charge in [-0.3, -0.25) is 15.2 Å². The third kappa shape index (κ3) is 4.52. The van der Waals surface area contributed by atoms with Crippen LogP contribution in [0, 0.1) is 5.41 Å². The third-order valence-electron chi connectivity index (χ3n) is 5.52. The highest BCUT2D eigenvalue weighted by Gasteiger charge is 2.28. The number of carbonyl (C=O) groups excluding carboxylic acids is 1. The van der Waals surface area contributed by atoms with Gasteiger partial charge in [0.05, 0.1) is 37.3 Å². The molecule has 2 atom stereocenters. The fourth-order valence-electron chi connectivity index (χ4n) is 3.68. The zero-order chi connectivity index (χ0) is 23.5. The summed E-state index contributed by atoms with van der Waals surface area (Å²) < 4.78 is 10.6. The number of nitrogens with one attached hydrogen (secondary N) is 4. The second-order valence-electron chi connectivity index (χ2n) is 7.69. The van der Waals surface area contributed by atoms with Gasteiger partial charge in [0.1, 0.15) is 11.5 Å². The van der Waals surface area contributed by atoms with Gasteiger partial charge in [0.15, 0.2) is 6.17 Å². The van der Waals surface area contributed by atoms with Crippen LogP contribution in [-0.4, -0.2) is 37.0 Å². The molecule has 9 nitrogen and oxygen atoms in total. The van der Waals surface area contributed by atoms with Crippen molar-refractivity contribution in [3.8, 4) is 11.5 Å². The van der Waals surface area contributed by atoms with Gasteiger partial charge in [-0.2, -0.15) is 0 Å². The molecule has 9 heteroatoms. The highest BCUT2D eigenvalue weighted by atomic mass is 16.5. The number of anilines is 3. The number of carbonyl (C=O) groups is 1. The van der Waals surface area contributed by atoms with Crippen LogP contribution in [0.1, 0.15) is 29.7 Å². The van der Waals surface area contributed by atoms with Crippen LogP contribution in [0.25, 0.3) is 0 Å². The number of hydrogen-bond donors (Lipinski definition) is 5. The average Bonchev–Trinajstić information content (AvgIpc) is 3.26. The molecule has 0 spiro atoms. The third-order valence-corrected chi connectivity index (χ3v) is 5.52. The van der Waals surface area contributed by atoms with Crippen LogP contribution in [0.4, 0.5) is 17.1 Å². The van der Waals surface area contributed by atoms with Gasteiger partial charge < -0.3 is 31.2 Å². The molecule has 0 saturated heterocycles. The Bertz CT molecular complexity index is 1180. The molecular formula is C24H26N6O3. The molecule has 4 rings (SSSR count). The molecular weight excluding hydrogens is 420 g/mol.